The van der Waals surface area contributed by atoms with Gasteiger partial charge in [0.25, 0.3) is 5.56 Å². The molecule has 0 aliphatic rings. The van der Waals surface area contributed by atoms with Gasteiger partial charge in [0.2, 0.25) is 5.95 Å². The monoisotopic (exact) mass is 387 g/mol. The number of rotatable bonds is 7. The molecular weight excluding hydrogens is 366 g/mol. The van der Waals surface area contributed by atoms with Crippen molar-refractivity contribution >= 4 is 12.2 Å². The summed E-state index contributed by atoms with van der Waals surface area (Å²) >= 11 is 0. The first-order chi connectivity index (χ1) is 14.1. The molecule has 0 aliphatic heterocycles. The third-order valence-electron chi connectivity index (χ3n) is 3.93. The fraction of sp³-hybridized carbons (Fsp3) is 0.182. The van der Waals surface area contributed by atoms with Crippen LogP contribution in [0.1, 0.15) is 25.0 Å². The van der Waals surface area contributed by atoms with Crippen LogP contribution in [-0.4, -0.2) is 22.8 Å². The molecule has 0 fully saturated rings. The van der Waals surface area contributed by atoms with Crippen LogP contribution < -0.4 is 15.7 Å². The van der Waals surface area contributed by atoms with E-state index in [1.54, 1.807) is 18.3 Å². The smallest absolute Gasteiger partial charge is 0.270 e. The second-order valence-electron chi connectivity index (χ2n) is 6.76. The third kappa shape index (κ3) is 5.30. The van der Waals surface area contributed by atoms with Crippen molar-refractivity contribution in [3.05, 3.63) is 76.1 Å². The van der Waals surface area contributed by atoms with Crippen LogP contribution in [0.2, 0.25) is 0 Å². The summed E-state index contributed by atoms with van der Waals surface area (Å²) < 4.78 is 5.65. The summed E-state index contributed by atoms with van der Waals surface area (Å²) in [6, 6.07) is 18.5. The Bertz CT molecular complexity index is 1080. The van der Waals surface area contributed by atoms with E-state index in [4.69, 9.17) is 4.74 Å². The lowest BCUT2D eigenvalue weighted by Gasteiger charge is -2.08. The van der Waals surface area contributed by atoms with Gasteiger partial charge in [-0.3, -0.25) is 9.78 Å². The van der Waals surface area contributed by atoms with Gasteiger partial charge in [0.15, 0.2) is 0 Å². The van der Waals surface area contributed by atoms with Crippen LogP contribution in [0.25, 0.3) is 11.3 Å². The highest BCUT2D eigenvalue weighted by Gasteiger charge is 2.12. The number of nitriles is 1. The first-order valence-electron chi connectivity index (χ1n) is 9.18. The predicted octanol–water partition coefficient (Wildman–Crippen LogP) is 3.79. The molecule has 0 unspecified atom stereocenters. The number of aromatic amines is 1. The highest BCUT2D eigenvalue weighted by atomic mass is 16.5. The van der Waals surface area contributed by atoms with Gasteiger partial charge in [0.05, 0.1) is 18.5 Å². The normalized spacial score (nSPS) is 10.8. The zero-order valence-electron chi connectivity index (χ0n) is 16.2. The van der Waals surface area contributed by atoms with Crippen molar-refractivity contribution in [2.75, 3.05) is 12.0 Å². The van der Waals surface area contributed by atoms with Gasteiger partial charge in [0, 0.05) is 5.56 Å². The van der Waals surface area contributed by atoms with Crippen molar-refractivity contribution < 1.29 is 4.74 Å². The lowest BCUT2D eigenvalue weighted by Crippen LogP contribution is -2.16. The zero-order valence-corrected chi connectivity index (χ0v) is 16.2. The van der Waals surface area contributed by atoms with Crippen molar-refractivity contribution in [1.82, 2.24) is 9.97 Å². The van der Waals surface area contributed by atoms with E-state index in [9.17, 15) is 10.1 Å². The molecule has 0 bridgehead atoms. The Morgan fingerprint density at radius 3 is 2.59 bits per heavy atom. The van der Waals surface area contributed by atoms with Crippen LogP contribution in [0.5, 0.6) is 5.75 Å². The molecule has 2 aromatic carbocycles. The number of benzene rings is 2. The van der Waals surface area contributed by atoms with E-state index in [1.165, 1.54) is 0 Å². The van der Waals surface area contributed by atoms with Crippen LogP contribution in [0.3, 0.4) is 0 Å². The third-order valence-corrected chi connectivity index (χ3v) is 3.93. The summed E-state index contributed by atoms with van der Waals surface area (Å²) in [5, 5.41) is 13.4. The van der Waals surface area contributed by atoms with E-state index < -0.39 is 5.56 Å². The largest absolute Gasteiger partial charge is 0.493 e. The molecule has 3 rings (SSSR count). The van der Waals surface area contributed by atoms with E-state index in [0.717, 1.165) is 11.3 Å². The summed E-state index contributed by atoms with van der Waals surface area (Å²) in [5.41, 5.74) is 3.99. The molecule has 3 aromatic rings. The number of hydrazone groups is 1. The topological polar surface area (TPSA) is 103 Å². The average Bonchev–Trinajstić information content (AvgIpc) is 2.73. The Kier molecular flexibility index (Phi) is 6.38. The summed E-state index contributed by atoms with van der Waals surface area (Å²) in [4.78, 5) is 19.1. The number of H-pyrrole nitrogens is 1. The molecule has 1 aromatic heterocycles. The van der Waals surface area contributed by atoms with Gasteiger partial charge in [-0.15, -0.1) is 0 Å². The molecule has 146 valence electrons. The van der Waals surface area contributed by atoms with Crippen molar-refractivity contribution in [3.8, 4) is 23.1 Å². The minimum Gasteiger partial charge on any atom is -0.493 e. The highest BCUT2D eigenvalue weighted by Crippen LogP contribution is 2.19. The maximum absolute atomic E-state index is 12.2. The van der Waals surface area contributed by atoms with Gasteiger partial charge in [-0.2, -0.15) is 10.4 Å². The van der Waals surface area contributed by atoms with E-state index in [2.05, 4.69) is 34.3 Å². The van der Waals surface area contributed by atoms with E-state index in [1.807, 2.05) is 48.5 Å². The second-order valence-corrected chi connectivity index (χ2v) is 6.76. The molecule has 0 amide bonds. The van der Waals surface area contributed by atoms with E-state index >= 15 is 0 Å². The summed E-state index contributed by atoms with van der Waals surface area (Å²) in [6.45, 7) is 4.85. The summed E-state index contributed by atoms with van der Waals surface area (Å²) in [6.07, 6.45) is 1.60. The molecule has 1 heterocycles. The fourth-order valence-electron chi connectivity index (χ4n) is 2.52. The van der Waals surface area contributed by atoms with Gasteiger partial charge < -0.3 is 4.74 Å². The van der Waals surface area contributed by atoms with Crippen LogP contribution in [0.4, 0.5) is 5.95 Å². The molecule has 2 N–H and O–H groups in total. The number of nitrogens with one attached hydrogen (secondary N) is 2. The Morgan fingerprint density at radius 2 is 1.93 bits per heavy atom. The van der Waals surface area contributed by atoms with Gasteiger partial charge >= 0.3 is 0 Å². The molecule has 7 heteroatoms. The summed E-state index contributed by atoms with van der Waals surface area (Å²) in [7, 11) is 0. The maximum Gasteiger partial charge on any atom is 0.270 e. The molecule has 0 saturated heterocycles. The van der Waals surface area contributed by atoms with Crippen molar-refractivity contribution in [2.24, 2.45) is 11.0 Å². The predicted molar refractivity (Wildman–Crippen MR) is 113 cm³/mol. The van der Waals surface area contributed by atoms with E-state index in [-0.39, 0.29) is 11.5 Å². The molecular formula is C22H21N5O2. The van der Waals surface area contributed by atoms with E-state index in [0.29, 0.717) is 23.8 Å². The van der Waals surface area contributed by atoms with Crippen molar-refractivity contribution in [1.29, 1.82) is 5.26 Å². The SMILES string of the molecule is CC(C)COc1ccc(C=NNc2nc(-c3ccccc3)c(C#N)c(=O)[nH]2)cc1. The summed E-state index contributed by atoms with van der Waals surface area (Å²) in [5.74, 6) is 1.42. The van der Waals surface area contributed by atoms with Crippen LogP contribution in [0, 0.1) is 17.2 Å². The van der Waals surface area contributed by atoms with Crippen LogP contribution in [-0.2, 0) is 0 Å². The van der Waals surface area contributed by atoms with Gasteiger partial charge in [-0.05, 0) is 35.7 Å². The standard InChI is InChI=1S/C22H21N5O2/c1-15(2)14-29-18-10-8-16(9-11-18)13-24-27-22-25-20(17-6-4-3-5-7-17)19(12-23)21(28)26-22/h3-11,13,15H,14H2,1-2H3,(H2,25,26,27,28). The van der Waals surface area contributed by atoms with Gasteiger partial charge in [-0.25, -0.2) is 10.4 Å². The fourth-order valence-corrected chi connectivity index (χ4v) is 2.52. The molecule has 29 heavy (non-hydrogen) atoms. The zero-order chi connectivity index (χ0) is 20.6. The number of hydrogen-bond donors (Lipinski definition) is 2. The Labute approximate surface area is 168 Å². The number of ether oxygens (including phenoxy) is 1. The molecule has 0 aliphatic carbocycles. The number of nitrogens with zero attached hydrogens (tertiary/aromatic N) is 3. The molecule has 0 atom stereocenters. The number of anilines is 1. The van der Waals surface area contributed by atoms with Gasteiger partial charge in [0.1, 0.15) is 17.4 Å². The Balaban J connectivity index is 1.75. The quantitative estimate of drug-likeness (QED) is 0.474. The first-order valence-corrected chi connectivity index (χ1v) is 9.18. The molecule has 0 radical (unpaired) electrons. The highest BCUT2D eigenvalue weighted by molar-refractivity contribution is 5.80. The number of aromatic nitrogens is 2. The number of hydrogen-bond acceptors (Lipinski definition) is 6. The van der Waals surface area contributed by atoms with Crippen LogP contribution in [0.15, 0.2) is 64.5 Å². The lowest BCUT2D eigenvalue weighted by molar-refractivity contribution is 0.271. The minimum atomic E-state index is -0.522. The minimum absolute atomic E-state index is 0.0392. The maximum atomic E-state index is 12.2. The van der Waals surface area contributed by atoms with Crippen LogP contribution >= 0.6 is 0 Å². The van der Waals surface area contributed by atoms with Crippen molar-refractivity contribution in [3.63, 3.8) is 0 Å². The lowest BCUT2D eigenvalue weighted by atomic mass is 10.1. The Morgan fingerprint density at radius 1 is 1.21 bits per heavy atom. The second kappa shape index (κ2) is 9.33. The molecule has 0 spiro atoms. The average molecular weight is 387 g/mol. The van der Waals surface area contributed by atoms with Gasteiger partial charge in [-0.1, -0.05) is 44.2 Å². The van der Waals surface area contributed by atoms with Crippen molar-refractivity contribution in [2.45, 2.75) is 13.8 Å². The Hall–Kier alpha value is -3.92. The molecule has 0 saturated carbocycles. The molecule has 7 nitrogen and oxygen atoms in total. The first kappa shape index (κ1) is 19.8.